The molecule has 1 aliphatic heterocycles. The number of aryl methyl sites for hydroxylation is 1. The second-order valence-corrected chi connectivity index (χ2v) is 5.12. The van der Waals surface area contributed by atoms with Crippen LogP contribution in [0.25, 0.3) is 0 Å². The molecule has 1 heterocycles. The Balaban J connectivity index is 1.98. The normalized spacial score (nSPS) is 20.2. The maximum Gasteiger partial charge on any atom is 0.222 e. The first kappa shape index (κ1) is 13.1. The van der Waals surface area contributed by atoms with Crippen LogP contribution in [0.1, 0.15) is 24.0 Å². The minimum atomic E-state index is 0.267. The fourth-order valence-corrected chi connectivity index (χ4v) is 2.43. The standard InChI is InChI=1S/C15H21NO2/c1-12-3-5-13(6-4-12)9-16-10-14(11-18-2)7-8-15(16)17/h3-6,14H,7-11H2,1-2H3. The molecule has 1 aromatic rings. The van der Waals surface area contributed by atoms with Crippen molar-refractivity contribution in [3.63, 3.8) is 0 Å². The minimum absolute atomic E-state index is 0.267. The molecule has 1 aliphatic rings. The first-order valence-electron chi connectivity index (χ1n) is 6.51. The Labute approximate surface area is 109 Å². The summed E-state index contributed by atoms with van der Waals surface area (Å²) < 4.78 is 5.19. The number of ether oxygens (including phenoxy) is 1. The van der Waals surface area contributed by atoms with E-state index in [1.54, 1.807) is 7.11 Å². The number of amides is 1. The van der Waals surface area contributed by atoms with Gasteiger partial charge in [-0.3, -0.25) is 4.79 Å². The number of carbonyl (C=O) groups is 1. The topological polar surface area (TPSA) is 29.5 Å². The molecule has 3 nitrogen and oxygen atoms in total. The molecule has 3 heteroatoms. The van der Waals surface area contributed by atoms with Crippen molar-refractivity contribution in [1.29, 1.82) is 0 Å². The van der Waals surface area contributed by atoms with E-state index < -0.39 is 0 Å². The second kappa shape index (κ2) is 6.01. The molecule has 0 saturated carbocycles. The van der Waals surface area contributed by atoms with E-state index in [2.05, 4.69) is 31.2 Å². The third kappa shape index (κ3) is 3.33. The average molecular weight is 247 g/mol. The van der Waals surface area contributed by atoms with Crippen LogP contribution in [0.2, 0.25) is 0 Å². The van der Waals surface area contributed by atoms with E-state index in [4.69, 9.17) is 4.74 Å². The molecule has 2 rings (SSSR count). The zero-order chi connectivity index (χ0) is 13.0. The number of likely N-dealkylation sites (tertiary alicyclic amines) is 1. The molecule has 0 radical (unpaired) electrons. The summed E-state index contributed by atoms with van der Waals surface area (Å²) >= 11 is 0. The van der Waals surface area contributed by atoms with E-state index in [0.29, 0.717) is 12.3 Å². The van der Waals surface area contributed by atoms with Crippen molar-refractivity contribution < 1.29 is 9.53 Å². The van der Waals surface area contributed by atoms with Crippen LogP contribution in [0.4, 0.5) is 0 Å². The molecule has 1 fully saturated rings. The van der Waals surface area contributed by atoms with Crippen molar-refractivity contribution in [2.24, 2.45) is 5.92 Å². The summed E-state index contributed by atoms with van der Waals surface area (Å²) in [6, 6.07) is 8.39. The number of carbonyl (C=O) groups excluding carboxylic acids is 1. The van der Waals surface area contributed by atoms with Crippen LogP contribution in [-0.2, 0) is 16.1 Å². The largest absolute Gasteiger partial charge is 0.384 e. The molecule has 0 bridgehead atoms. The van der Waals surface area contributed by atoms with E-state index in [9.17, 15) is 4.79 Å². The fraction of sp³-hybridized carbons (Fsp3) is 0.533. The fourth-order valence-electron chi connectivity index (χ4n) is 2.43. The van der Waals surface area contributed by atoms with Crippen molar-refractivity contribution >= 4 is 5.91 Å². The summed E-state index contributed by atoms with van der Waals surface area (Å²) in [6.07, 6.45) is 1.61. The van der Waals surface area contributed by atoms with Crippen LogP contribution in [-0.4, -0.2) is 31.1 Å². The predicted molar refractivity (Wildman–Crippen MR) is 71.2 cm³/mol. The highest BCUT2D eigenvalue weighted by Crippen LogP contribution is 2.20. The molecule has 1 unspecified atom stereocenters. The van der Waals surface area contributed by atoms with Gasteiger partial charge in [-0.2, -0.15) is 0 Å². The summed E-state index contributed by atoms with van der Waals surface area (Å²) in [5.41, 5.74) is 2.45. The summed E-state index contributed by atoms with van der Waals surface area (Å²) in [5.74, 6) is 0.751. The van der Waals surface area contributed by atoms with Gasteiger partial charge >= 0.3 is 0 Å². The third-order valence-electron chi connectivity index (χ3n) is 3.49. The van der Waals surface area contributed by atoms with E-state index >= 15 is 0 Å². The Kier molecular flexibility index (Phi) is 4.37. The van der Waals surface area contributed by atoms with Crippen molar-refractivity contribution in [2.75, 3.05) is 20.3 Å². The van der Waals surface area contributed by atoms with Crippen LogP contribution >= 0.6 is 0 Å². The highest BCUT2D eigenvalue weighted by atomic mass is 16.5. The lowest BCUT2D eigenvalue weighted by atomic mass is 9.98. The Morgan fingerprint density at radius 3 is 2.72 bits per heavy atom. The highest BCUT2D eigenvalue weighted by molar-refractivity contribution is 5.76. The van der Waals surface area contributed by atoms with Gasteiger partial charge < -0.3 is 9.64 Å². The molecular formula is C15H21NO2. The van der Waals surface area contributed by atoms with Gasteiger partial charge in [0.1, 0.15) is 0 Å². The zero-order valence-corrected chi connectivity index (χ0v) is 11.2. The quantitative estimate of drug-likeness (QED) is 0.817. The summed E-state index contributed by atoms with van der Waals surface area (Å²) in [7, 11) is 1.72. The van der Waals surface area contributed by atoms with Gasteiger partial charge in [-0.05, 0) is 18.9 Å². The number of methoxy groups -OCH3 is 1. The minimum Gasteiger partial charge on any atom is -0.384 e. The Bertz CT molecular complexity index is 399. The lowest BCUT2D eigenvalue weighted by molar-refractivity contribution is -0.136. The lowest BCUT2D eigenvalue weighted by Crippen LogP contribution is -2.40. The maximum absolute atomic E-state index is 11.9. The lowest BCUT2D eigenvalue weighted by Gasteiger charge is -2.32. The van der Waals surface area contributed by atoms with Crippen LogP contribution in [0.15, 0.2) is 24.3 Å². The van der Waals surface area contributed by atoms with Gasteiger partial charge in [0.25, 0.3) is 0 Å². The van der Waals surface area contributed by atoms with Gasteiger partial charge in [-0.25, -0.2) is 0 Å². The second-order valence-electron chi connectivity index (χ2n) is 5.12. The van der Waals surface area contributed by atoms with Crippen LogP contribution in [0.5, 0.6) is 0 Å². The number of rotatable bonds is 4. The molecule has 1 atom stereocenters. The average Bonchev–Trinajstić information content (AvgIpc) is 2.36. The Hall–Kier alpha value is -1.35. The van der Waals surface area contributed by atoms with Crippen LogP contribution < -0.4 is 0 Å². The zero-order valence-electron chi connectivity index (χ0n) is 11.2. The van der Waals surface area contributed by atoms with Gasteiger partial charge in [-0.15, -0.1) is 0 Å². The van der Waals surface area contributed by atoms with Gasteiger partial charge in [0.15, 0.2) is 0 Å². The molecule has 0 aliphatic carbocycles. The number of hydrogen-bond donors (Lipinski definition) is 0. The number of nitrogens with zero attached hydrogens (tertiary/aromatic N) is 1. The first-order chi connectivity index (χ1) is 8.69. The van der Waals surface area contributed by atoms with Gasteiger partial charge in [0.05, 0.1) is 6.61 Å². The SMILES string of the molecule is COCC1CCC(=O)N(Cc2ccc(C)cc2)C1. The van der Waals surface area contributed by atoms with Gasteiger partial charge in [0.2, 0.25) is 5.91 Å². The molecule has 98 valence electrons. The summed E-state index contributed by atoms with van der Waals surface area (Å²) in [5, 5.41) is 0. The van der Waals surface area contributed by atoms with Gasteiger partial charge in [-0.1, -0.05) is 29.8 Å². The molecule has 0 N–H and O–H groups in total. The smallest absolute Gasteiger partial charge is 0.222 e. The molecule has 18 heavy (non-hydrogen) atoms. The van der Waals surface area contributed by atoms with E-state index in [1.165, 1.54) is 11.1 Å². The van der Waals surface area contributed by atoms with Crippen LogP contribution in [0.3, 0.4) is 0 Å². The molecule has 1 aromatic carbocycles. The van der Waals surface area contributed by atoms with Crippen molar-refractivity contribution in [3.05, 3.63) is 35.4 Å². The molecule has 1 saturated heterocycles. The molecule has 0 aromatic heterocycles. The molecule has 0 spiro atoms. The number of benzene rings is 1. The third-order valence-corrected chi connectivity index (χ3v) is 3.49. The Morgan fingerprint density at radius 2 is 2.06 bits per heavy atom. The first-order valence-corrected chi connectivity index (χ1v) is 6.51. The predicted octanol–water partition coefficient (Wildman–Crippen LogP) is 2.38. The van der Waals surface area contributed by atoms with E-state index in [1.807, 2.05) is 4.90 Å². The number of hydrogen-bond acceptors (Lipinski definition) is 2. The number of piperidine rings is 1. The van der Waals surface area contributed by atoms with Gasteiger partial charge in [0, 0.05) is 32.5 Å². The van der Waals surface area contributed by atoms with E-state index in [-0.39, 0.29) is 5.91 Å². The highest BCUT2D eigenvalue weighted by Gasteiger charge is 2.25. The monoisotopic (exact) mass is 247 g/mol. The van der Waals surface area contributed by atoms with Crippen LogP contribution in [0, 0.1) is 12.8 Å². The summed E-state index contributed by atoms with van der Waals surface area (Å²) in [4.78, 5) is 13.9. The van der Waals surface area contributed by atoms with Crippen molar-refractivity contribution in [1.82, 2.24) is 4.90 Å². The van der Waals surface area contributed by atoms with Crippen molar-refractivity contribution in [2.45, 2.75) is 26.3 Å². The van der Waals surface area contributed by atoms with Crippen molar-refractivity contribution in [3.8, 4) is 0 Å². The molecule has 1 amide bonds. The summed E-state index contributed by atoms with van der Waals surface area (Å²) in [6.45, 7) is 4.36. The Morgan fingerprint density at radius 1 is 1.33 bits per heavy atom. The maximum atomic E-state index is 11.9. The molecular weight excluding hydrogens is 226 g/mol. The van der Waals surface area contributed by atoms with E-state index in [0.717, 1.165) is 26.1 Å².